The number of hydrogen-bond donors (Lipinski definition) is 1. The van der Waals surface area contributed by atoms with Crippen molar-refractivity contribution in [3.8, 4) is 0 Å². The fourth-order valence-electron chi connectivity index (χ4n) is 1.59. The number of likely N-dealkylation sites (tertiary alicyclic amines) is 1. The first-order valence-electron chi connectivity index (χ1n) is 5.08. The van der Waals surface area contributed by atoms with Crippen molar-refractivity contribution in [1.29, 1.82) is 0 Å². The van der Waals surface area contributed by atoms with E-state index in [1.807, 2.05) is 7.05 Å². The van der Waals surface area contributed by atoms with Gasteiger partial charge in [-0.05, 0) is 19.9 Å². The van der Waals surface area contributed by atoms with E-state index in [1.54, 1.807) is 4.90 Å². The summed E-state index contributed by atoms with van der Waals surface area (Å²) in [6, 6.07) is 0.470. The van der Waals surface area contributed by atoms with E-state index < -0.39 is 9.89 Å². The first-order valence-corrected chi connectivity index (χ1v) is 6.21. The van der Waals surface area contributed by atoms with Crippen molar-refractivity contribution in [1.82, 2.24) is 10.2 Å². The first kappa shape index (κ1) is 14.2. The Morgan fingerprint density at radius 3 is 2.44 bits per heavy atom. The number of piperidine rings is 1. The highest BCUT2D eigenvalue weighted by atomic mass is 35.6. The van der Waals surface area contributed by atoms with Crippen molar-refractivity contribution in [2.24, 2.45) is 0 Å². The summed E-state index contributed by atoms with van der Waals surface area (Å²) in [5.74, 6) is 0. The largest absolute Gasteiger partial charge is 0.445 e. The summed E-state index contributed by atoms with van der Waals surface area (Å²) in [5.41, 5.74) is 0. The Balaban J connectivity index is 2.28. The van der Waals surface area contributed by atoms with E-state index in [4.69, 9.17) is 39.5 Å². The molecule has 94 valence electrons. The standard InChI is InChI=1S/C9H15Cl3N2O2/c1-13-7-2-4-14(5-3-7)8(15)16-6-9(10,11)12/h7,13H,2-6H2,1H3. The van der Waals surface area contributed by atoms with Gasteiger partial charge in [-0.1, -0.05) is 34.8 Å². The highest BCUT2D eigenvalue weighted by molar-refractivity contribution is 6.67. The Kier molecular flexibility index (Phi) is 5.44. The van der Waals surface area contributed by atoms with Gasteiger partial charge in [-0.25, -0.2) is 4.79 Å². The Morgan fingerprint density at radius 1 is 1.44 bits per heavy atom. The predicted molar refractivity (Wildman–Crippen MR) is 65.3 cm³/mol. The molecule has 1 amide bonds. The van der Waals surface area contributed by atoms with Crippen molar-refractivity contribution in [3.05, 3.63) is 0 Å². The number of nitrogens with zero attached hydrogens (tertiary/aromatic N) is 1. The Hall–Kier alpha value is 0.1000. The zero-order valence-electron chi connectivity index (χ0n) is 9.01. The first-order chi connectivity index (χ1) is 7.42. The maximum atomic E-state index is 11.5. The molecule has 0 unspecified atom stereocenters. The number of halogens is 3. The van der Waals surface area contributed by atoms with Crippen molar-refractivity contribution in [2.45, 2.75) is 22.7 Å². The highest BCUT2D eigenvalue weighted by Crippen LogP contribution is 2.26. The van der Waals surface area contributed by atoms with Crippen LogP contribution in [0.3, 0.4) is 0 Å². The van der Waals surface area contributed by atoms with Crippen LogP contribution in [0.4, 0.5) is 4.79 Å². The van der Waals surface area contributed by atoms with Crippen molar-refractivity contribution in [3.63, 3.8) is 0 Å². The number of ether oxygens (including phenoxy) is 1. The average Bonchev–Trinajstić information content (AvgIpc) is 2.25. The van der Waals surface area contributed by atoms with E-state index in [2.05, 4.69) is 5.32 Å². The molecule has 1 fully saturated rings. The molecule has 4 nitrogen and oxygen atoms in total. The number of hydrogen-bond acceptors (Lipinski definition) is 3. The van der Waals surface area contributed by atoms with Crippen LogP contribution in [0.15, 0.2) is 0 Å². The van der Waals surface area contributed by atoms with Gasteiger partial charge >= 0.3 is 6.09 Å². The van der Waals surface area contributed by atoms with Gasteiger partial charge in [0, 0.05) is 19.1 Å². The molecule has 1 aliphatic rings. The predicted octanol–water partition coefficient (Wildman–Crippen LogP) is 2.18. The van der Waals surface area contributed by atoms with Crippen LogP contribution in [0.5, 0.6) is 0 Å². The molecule has 0 aromatic carbocycles. The SMILES string of the molecule is CNC1CCN(C(=O)OCC(Cl)(Cl)Cl)CC1. The summed E-state index contributed by atoms with van der Waals surface area (Å²) in [6.07, 6.45) is 1.42. The highest BCUT2D eigenvalue weighted by Gasteiger charge is 2.26. The lowest BCUT2D eigenvalue weighted by Gasteiger charge is -2.31. The quantitative estimate of drug-likeness (QED) is 0.792. The molecule has 0 aromatic rings. The molecule has 1 saturated heterocycles. The number of nitrogens with one attached hydrogen (secondary N) is 1. The van der Waals surface area contributed by atoms with E-state index in [1.165, 1.54) is 0 Å². The molecule has 7 heteroatoms. The summed E-state index contributed by atoms with van der Waals surface area (Å²) in [6.45, 7) is 1.12. The molecular formula is C9H15Cl3N2O2. The Morgan fingerprint density at radius 2 is 2.00 bits per heavy atom. The van der Waals surface area contributed by atoms with Crippen molar-refractivity contribution in [2.75, 3.05) is 26.7 Å². The fraction of sp³-hybridized carbons (Fsp3) is 0.889. The minimum Gasteiger partial charge on any atom is -0.445 e. The Bertz CT molecular complexity index is 237. The lowest BCUT2D eigenvalue weighted by atomic mass is 10.1. The van der Waals surface area contributed by atoms with Gasteiger partial charge in [0.2, 0.25) is 3.79 Å². The van der Waals surface area contributed by atoms with Gasteiger partial charge in [-0.3, -0.25) is 0 Å². The minimum atomic E-state index is -1.54. The summed E-state index contributed by atoms with van der Waals surface area (Å²) >= 11 is 16.5. The van der Waals surface area contributed by atoms with Crippen LogP contribution in [-0.2, 0) is 4.74 Å². The number of rotatable bonds is 2. The summed E-state index contributed by atoms with van der Waals surface area (Å²) in [7, 11) is 1.92. The average molecular weight is 290 g/mol. The van der Waals surface area contributed by atoms with Gasteiger partial charge < -0.3 is 15.0 Å². The zero-order valence-corrected chi connectivity index (χ0v) is 11.3. The van der Waals surface area contributed by atoms with E-state index in [9.17, 15) is 4.79 Å². The number of alkyl halides is 3. The summed E-state index contributed by atoms with van der Waals surface area (Å²) in [4.78, 5) is 13.2. The second kappa shape index (κ2) is 6.15. The minimum absolute atomic E-state index is 0.220. The molecule has 1 heterocycles. The second-order valence-corrected chi connectivity index (χ2v) is 6.24. The number of carbonyl (C=O) groups is 1. The molecule has 16 heavy (non-hydrogen) atoms. The molecule has 1 rings (SSSR count). The molecule has 0 aliphatic carbocycles. The third-order valence-corrected chi connectivity index (χ3v) is 2.85. The molecule has 1 N–H and O–H groups in total. The molecule has 0 bridgehead atoms. The zero-order chi connectivity index (χ0) is 12.2. The van der Waals surface area contributed by atoms with Gasteiger partial charge in [0.1, 0.15) is 6.61 Å². The van der Waals surface area contributed by atoms with E-state index in [0.29, 0.717) is 19.1 Å². The van der Waals surface area contributed by atoms with E-state index in [-0.39, 0.29) is 6.61 Å². The Labute approximate surface area is 110 Å². The molecule has 0 saturated carbocycles. The molecule has 0 spiro atoms. The summed E-state index contributed by atoms with van der Waals surface area (Å²) < 4.78 is 3.34. The van der Waals surface area contributed by atoms with Crippen LogP contribution in [-0.4, -0.2) is 47.6 Å². The molecule has 0 aromatic heterocycles. The van der Waals surface area contributed by atoms with Gasteiger partial charge in [0.15, 0.2) is 0 Å². The molecule has 0 radical (unpaired) electrons. The van der Waals surface area contributed by atoms with Crippen LogP contribution in [0, 0.1) is 0 Å². The van der Waals surface area contributed by atoms with Gasteiger partial charge in [0.05, 0.1) is 0 Å². The monoisotopic (exact) mass is 288 g/mol. The molecular weight excluding hydrogens is 274 g/mol. The lowest BCUT2D eigenvalue weighted by Crippen LogP contribution is -2.44. The number of amides is 1. The van der Waals surface area contributed by atoms with Gasteiger partial charge in [-0.2, -0.15) is 0 Å². The van der Waals surface area contributed by atoms with Crippen molar-refractivity contribution < 1.29 is 9.53 Å². The van der Waals surface area contributed by atoms with Crippen LogP contribution in [0.25, 0.3) is 0 Å². The normalized spacial score (nSPS) is 18.6. The van der Waals surface area contributed by atoms with Crippen molar-refractivity contribution >= 4 is 40.9 Å². The molecule has 1 aliphatic heterocycles. The van der Waals surface area contributed by atoms with Crippen LogP contribution in [0.1, 0.15) is 12.8 Å². The third kappa shape index (κ3) is 4.95. The van der Waals surface area contributed by atoms with E-state index >= 15 is 0 Å². The van der Waals surface area contributed by atoms with Gasteiger partial charge in [0.25, 0.3) is 0 Å². The van der Waals surface area contributed by atoms with E-state index in [0.717, 1.165) is 12.8 Å². The second-order valence-electron chi connectivity index (χ2n) is 3.72. The van der Waals surface area contributed by atoms with Crippen LogP contribution >= 0.6 is 34.8 Å². The fourth-order valence-corrected chi connectivity index (χ4v) is 1.75. The smallest absolute Gasteiger partial charge is 0.409 e. The molecule has 0 atom stereocenters. The van der Waals surface area contributed by atoms with Gasteiger partial charge in [-0.15, -0.1) is 0 Å². The summed E-state index contributed by atoms with van der Waals surface area (Å²) in [5, 5.41) is 3.18. The maximum absolute atomic E-state index is 11.5. The topological polar surface area (TPSA) is 41.6 Å². The number of carbonyl (C=O) groups excluding carboxylic acids is 1. The maximum Gasteiger partial charge on any atom is 0.409 e. The third-order valence-electron chi connectivity index (χ3n) is 2.52. The van der Waals surface area contributed by atoms with Crippen LogP contribution < -0.4 is 5.32 Å². The van der Waals surface area contributed by atoms with Crippen LogP contribution in [0.2, 0.25) is 0 Å². The lowest BCUT2D eigenvalue weighted by molar-refractivity contribution is 0.0928.